The lowest BCUT2D eigenvalue weighted by atomic mass is 10.1. The lowest BCUT2D eigenvalue weighted by Crippen LogP contribution is -2.38. The van der Waals surface area contributed by atoms with Gasteiger partial charge in [0.15, 0.2) is 0 Å². The molecule has 0 radical (unpaired) electrons. The molecular formula is C11H26N2O. The van der Waals surface area contributed by atoms with E-state index < -0.39 is 0 Å². The third-order valence-corrected chi connectivity index (χ3v) is 2.65. The van der Waals surface area contributed by atoms with Crippen LogP contribution in [0, 0.1) is 0 Å². The van der Waals surface area contributed by atoms with E-state index in [0.29, 0.717) is 6.04 Å². The lowest BCUT2D eigenvalue weighted by Gasteiger charge is -2.26. The number of unbranched alkanes of at least 4 members (excludes halogenated alkanes) is 1. The minimum atomic E-state index is 0.548. The molecule has 0 aromatic heterocycles. The Bertz CT molecular complexity index is 120. The largest absolute Gasteiger partial charge is 0.385 e. The number of hydrogen-bond donors (Lipinski definition) is 1. The predicted molar refractivity (Wildman–Crippen MR) is 61.5 cm³/mol. The first-order chi connectivity index (χ1) is 6.76. The number of hydrogen-bond acceptors (Lipinski definition) is 3. The van der Waals surface area contributed by atoms with Gasteiger partial charge in [-0.05, 0) is 19.9 Å². The third kappa shape index (κ3) is 6.35. The minimum Gasteiger partial charge on any atom is -0.385 e. The molecule has 0 spiro atoms. The van der Waals surface area contributed by atoms with Gasteiger partial charge in [0, 0.05) is 32.8 Å². The monoisotopic (exact) mass is 202 g/mol. The van der Waals surface area contributed by atoms with E-state index in [1.807, 2.05) is 0 Å². The SMILES string of the molecule is CCCCC(CN)N(C)CCCOC. The summed E-state index contributed by atoms with van der Waals surface area (Å²) < 4.78 is 5.03. The molecule has 1 atom stereocenters. The molecule has 0 fully saturated rings. The summed E-state index contributed by atoms with van der Waals surface area (Å²) in [4.78, 5) is 2.36. The van der Waals surface area contributed by atoms with Crippen LogP contribution in [0.5, 0.6) is 0 Å². The average Bonchev–Trinajstić information content (AvgIpc) is 2.19. The smallest absolute Gasteiger partial charge is 0.0474 e. The topological polar surface area (TPSA) is 38.5 Å². The van der Waals surface area contributed by atoms with Crippen molar-refractivity contribution >= 4 is 0 Å². The van der Waals surface area contributed by atoms with Crippen molar-refractivity contribution in [1.82, 2.24) is 4.90 Å². The zero-order valence-corrected chi connectivity index (χ0v) is 9.96. The van der Waals surface area contributed by atoms with Crippen molar-refractivity contribution in [3.63, 3.8) is 0 Å². The van der Waals surface area contributed by atoms with Gasteiger partial charge in [-0.2, -0.15) is 0 Å². The summed E-state index contributed by atoms with van der Waals surface area (Å²) in [5.41, 5.74) is 5.75. The molecule has 0 bridgehead atoms. The number of nitrogens with zero attached hydrogens (tertiary/aromatic N) is 1. The summed E-state index contributed by atoms with van der Waals surface area (Å²) in [7, 11) is 3.90. The van der Waals surface area contributed by atoms with Gasteiger partial charge in [0.25, 0.3) is 0 Å². The quantitative estimate of drug-likeness (QED) is 0.575. The molecule has 0 saturated carbocycles. The Morgan fingerprint density at radius 2 is 2.07 bits per heavy atom. The maximum Gasteiger partial charge on any atom is 0.0474 e. The first kappa shape index (κ1) is 13.9. The zero-order chi connectivity index (χ0) is 10.8. The van der Waals surface area contributed by atoms with Crippen molar-refractivity contribution in [2.75, 3.05) is 33.9 Å². The van der Waals surface area contributed by atoms with Crippen LogP contribution in [0.3, 0.4) is 0 Å². The van der Waals surface area contributed by atoms with Crippen LogP contribution in [0.4, 0.5) is 0 Å². The third-order valence-electron chi connectivity index (χ3n) is 2.65. The highest BCUT2D eigenvalue weighted by Crippen LogP contribution is 2.06. The summed E-state index contributed by atoms with van der Waals surface area (Å²) >= 11 is 0. The zero-order valence-electron chi connectivity index (χ0n) is 9.96. The molecule has 0 heterocycles. The Balaban J connectivity index is 3.61. The Labute approximate surface area is 88.6 Å². The van der Waals surface area contributed by atoms with Crippen molar-refractivity contribution in [3.8, 4) is 0 Å². The van der Waals surface area contributed by atoms with Gasteiger partial charge >= 0.3 is 0 Å². The van der Waals surface area contributed by atoms with E-state index in [2.05, 4.69) is 18.9 Å². The molecule has 0 aromatic carbocycles. The molecule has 0 aromatic rings. The molecule has 0 aliphatic carbocycles. The highest BCUT2D eigenvalue weighted by Gasteiger charge is 2.11. The fourth-order valence-corrected chi connectivity index (χ4v) is 1.60. The normalized spacial score (nSPS) is 13.5. The van der Waals surface area contributed by atoms with Gasteiger partial charge in [-0.15, -0.1) is 0 Å². The van der Waals surface area contributed by atoms with Crippen molar-refractivity contribution in [1.29, 1.82) is 0 Å². The van der Waals surface area contributed by atoms with E-state index in [9.17, 15) is 0 Å². The highest BCUT2D eigenvalue weighted by atomic mass is 16.5. The lowest BCUT2D eigenvalue weighted by molar-refractivity contribution is 0.163. The first-order valence-electron chi connectivity index (χ1n) is 5.65. The Hall–Kier alpha value is -0.120. The van der Waals surface area contributed by atoms with E-state index in [-0.39, 0.29) is 0 Å². The van der Waals surface area contributed by atoms with Crippen LogP contribution in [0.25, 0.3) is 0 Å². The number of rotatable bonds is 9. The van der Waals surface area contributed by atoms with Crippen LogP contribution >= 0.6 is 0 Å². The average molecular weight is 202 g/mol. The Kier molecular flexibility index (Phi) is 9.35. The van der Waals surface area contributed by atoms with Crippen molar-refractivity contribution in [2.24, 2.45) is 5.73 Å². The molecule has 0 aliphatic rings. The molecule has 2 N–H and O–H groups in total. The molecule has 3 heteroatoms. The molecule has 14 heavy (non-hydrogen) atoms. The van der Waals surface area contributed by atoms with Crippen LogP contribution in [-0.2, 0) is 4.74 Å². The van der Waals surface area contributed by atoms with Gasteiger partial charge in [0.1, 0.15) is 0 Å². The van der Waals surface area contributed by atoms with Crippen LogP contribution in [0.15, 0.2) is 0 Å². The van der Waals surface area contributed by atoms with Gasteiger partial charge in [-0.3, -0.25) is 0 Å². The summed E-state index contributed by atoms with van der Waals surface area (Å²) in [5, 5.41) is 0. The Morgan fingerprint density at radius 1 is 1.36 bits per heavy atom. The standard InChI is InChI=1S/C11H26N2O/c1-4-5-7-11(10-12)13(2)8-6-9-14-3/h11H,4-10,12H2,1-3H3. The molecule has 0 amide bonds. The first-order valence-corrected chi connectivity index (χ1v) is 5.65. The fraction of sp³-hybridized carbons (Fsp3) is 1.00. The maximum atomic E-state index is 5.75. The molecular weight excluding hydrogens is 176 g/mol. The van der Waals surface area contributed by atoms with E-state index in [4.69, 9.17) is 10.5 Å². The molecule has 3 nitrogen and oxygen atoms in total. The maximum absolute atomic E-state index is 5.75. The van der Waals surface area contributed by atoms with Crippen molar-refractivity contribution in [2.45, 2.75) is 38.6 Å². The van der Waals surface area contributed by atoms with E-state index in [1.54, 1.807) is 7.11 Å². The fourth-order valence-electron chi connectivity index (χ4n) is 1.60. The molecule has 0 aliphatic heterocycles. The summed E-state index contributed by atoms with van der Waals surface area (Å²) in [6, 6.07) is 0.548. The molecule has 86 valence electrons. The van der Waals surface area contributed by atoms with Gasteiger partial charge in [0.2, 0.25) is 0 Å². The van der Waals surface area contributed by atoms with Crippen LogP contribution < -0.4 is 5.73 Å². The van der Waals surface area contributed by atoms with E-state index >= 15 is 0 Å². The van der Waals surface area contributed by atoms with Crippen LogP contribution in [-0.4, -0.2) is 44.8 Å². The number of ether oxygens (including phenoxy) is 1. The van der Waals surface area contributed by atoms with Gasteiger partial charge < -0.3 is 15.4 Å². The molecule has 0 saturated heterocycles. The van der Waals surface area contributed by atoms with E-state index in [1.165, 1.54) is 19.3 Å². The van der Waals surface area contributed by atoms with E-state index in [0.717, 1.165) is 26.1 Å². The van der Waals surface area contributed by atoms with Crippen molar-refractivity contribution in [3.05, 3.63) is 0 Å². The minimum absolute atomic E-state index is 0.548. The molecule has 0 rings (SSSR count). The van der Waals surface area contributed by atoms with Crippen LogP contribution in [0.1, 0.15) is 32.6 Å². The molecule has 1 unspecified atom stereocenters. The van der Waals surface area contributed by atoms with Gasteiger partial charge in [0.05, 0.1) is 0 Å². The number of methoxy groups -OCH3 is 1. The van der Waals surface area contributed by atoms with Crippen LogP contribution in [0.2, 0.25) is 0 Å². The summed E-state index contributed by atoms with van der Waals surface area (Å²) in [6.07, 6.45) is 4.84. The highest BCUT2D eigenvalue weighted by molar-refractivity contribution is 4.69. The second-order valence-electron chi connectivity index (χ2n) is 3.86. The summed E-state index contributed by atoms with van der Waals surface area (Å²) in [5.74, 6) is 0. The van der Waals surface area contributed by atoms with Crippen molar-refractivity contribution < 1.29 is 4.74 Å². The number of nitrogens with two attached hydrogens (primary N) is 1. The number of likely N-dealkylation sites (N-methyl/N-ethyl adjacent to an activating group) is 1. The predicted octanol–water partition coefficient (Wildman–Crippen LogP) is 1.47. The second-order valence-corrected chi connectivity index (χ2v) is 3.86. The Morgan fingerprint density at radius 3 is 2.57 bits per heavy atom. The van der Waals surface area contributed by atoms with Gasteiger partial charge in [-0.1, -0.05) is 19.8 Å². The van der Waals surface area contributed by atoms with Gasteiger partial charge in [-0.25, -0.2) is 0 Å². The summed E-state index contributed by atoms with van der Waals surface area (Å²) in [6.45, 7) is 4.91. The second kappa shape index (κ2) is 9.44.